The van der Waals surface area contributed by atoms with Crippen LogP contribution in [0.15, 0.2) is 0 Å². The summed E-state index contributed by atoms with van der Waals surface area (Å²) >= 11 is 0. The van der Waals surface area contributed by atoms with Crippen LogP contribution in [-0.4, -0.2) is 19.9 Å². The third kappa shape index (κ3) is 6.94. The van der Waals surface area contributed by atoms with Gasteiger partial charge in [0, 0.05) is 6.42 Å². The average molecular weight is 170 g/mol. The van der Waals surface area contributed by atoms with E-state index in [9.17, 15) is 4.79 Å². The minimum Gasteiger partial charge on any atom is -0.438 e. The minimum atomic E-state index is -0.681. The summed E-state index contributed by atoms with van der Waals surface area (Å²) in [5.74, 6) is 5.60. The van der Waals surface area contributed by atoms with Gasteiger partial charge in [0.25, 0.3) is 0 Å². The number of ether oxygens (including phenoxy) is 2. The van der Waals surface area contributed by atoms with Crippen molar-refractivity contribution in [1.82, 2.24) is 0 Å². The predicted molar refractivity (Wildman–Crippen MR) is 45.7 cm³/mol. The van der Waals surface area contributed by atoms with Gasteiger partial charge in [-0.15, -0.1) is 0 Å². The molecule has 12 heavy (non-hydrogen) atoms. The van der Waals surface area contributed by atoms with Crippen LogP contribution >= 0.6 is 0 Å². The first-order valence-corrected chi connectivity index (χ1v) is 3.97. The van der Waals surface area contributed by atoms with Gasteiger partial charge >= 0.3 is 6.16 Å². The number of carbonyl (C=O) groups is 1. The van der Waals surface area contributed by atoms with Crippen LogP contribution in [0.25, 0.3) is 0 Å². The van der Waals surface area contributed by atoms with E-state index in [0.717, 1.165) is 19.3 Å². The first-order valence-electron chi connectivity index (χ1n) is 3.97. The predicted octanol–water partition coefficient (Wildman–Crippen LogP) is 1.96. The van der Waals surface area contributed by atoms with E-state index in [2.05, 4.69) is 28.2 Å². The van der Waals surface area contributed by atoms with Crippen molar-refractivity contribution in [2.75, 3.05) is 13.7 Å². The van der Waals surface area contributed by atoms with Crippen molar-refractivity contribution in [3.8, 4) is 11.8 Å². The molecule has 0 N–H and O–H groups in total. The molecule has 0 amide bonds. The molecule has 0 unspecified atom stereocenters. The molecule has 0 fully saturated rings. The van der Waals surface area contributed by atoms with Crippen molar-refractivity contribution in [2.24, 2.45) is 0 Å². The van der Waals surface area contributed by atoms with E-state index < -0.39 is 6.16 Å². The standard InChI is InChI=1S/C9H14O3/c1-3-4-5-6-7-8-12-9(10)11-2/h3-5,8H2,1-2H3. The SMILES string of the molecule is CCCCC#CCOC(=O)OC. The largest absolute Gasteiger partial charge is 0.508 e. The fourth-order valence-electron chi connectivity index (χ4n) is 0.559. The Kier molecular flexibility index (Phi) is 7.16. The Morgan fingerprint density at radius 3 is 2.75 bits per heavy atom. The second-order valence-electron chi connectivity index (χ2n) is 2.20. The molecule has 68 valence electrons. The Hall–Kier alpha value is -1.17. The molecule has 0 aromatic heterocycles. The molecule has 0 atom stereocenters. The molecule has 0 heterocycles. The van der Waals surface area contributed by atoms with Crippen LogP contribution in [0.1, 0.15) is 26.2 Å². The normalized spacial score (nSPS) is 8.17. The van der Waals surface area contributed by atoms with Crippen molar-refractivity contribution in [2.45, 2.75) is 26.2 Å². The molecule has 0 aliphatic carbocycles. The fraction of sp³-hybridized carbons (Fsp3) is 0.667. The molecular weight excluding hydrogens is 156 g/mol. The second kappa shape index (κ2) is 7.93. The molecule has 0 radical (unpaired) electrons. The van der Waals surface area contributed by atoms with Crippen LogP contribution in [0.4, 0.5) is 4.79 Å². The van der Waals surface area contributed by atoms with Gasteiger partial charge in [0.15, 0.2) is 6.61 Å². The average Bonchev–Trinajstić information content (AvgIpc) is 2.10. The molecule has 0 bridgehead atoms. The van der Waals surface area contributed by atoms with Crippen LogP contribution in [0.2, 0.25) is 0 Å². The third-order valence-electron chi connectivity index (χ3n) is 1.21. The summed E-state index contributed by atoms with van der Waals surface area (Å²) in [6.07, 6.45) is 2.40. The first-order chi connectivity index (χ1) is 5.81. The zero-order chi connectivity index (χ0) is 9.23. The zero-order valence-corrected chi connectivity index (χ0v) is 7.55. The van der Waals surface area contributed by atoms with Gasteiger partial charge in [0.05, 0.1) is 7.11 Å². The molecule has 0 spiro atoms. The zero-order valence-electron chi connectivity index (χ0n) is 7.55. The maximum Gasteiger partial charge on any atom is 0.508 e. The van der Waals surface area contributed by atoms with Crippen molar-refractivity contribution >= 4 is 6.16 Å². The Labute approximate surface area is 73.0 Å². The van der Waals surface area contributed by atoms with Gasteiger partial charge in [-0.05, 0) is 6.42 Å². The van der Waals surface area contributed by atoms with Crippen LogP contribution < -0.4 is 0 Å². The quantitative estimate of drug-likeness (QED) is 0.369. The van der Waals surface area contributed by atoms with E-state index in [1.807, 2.05) is 0 Å². The van der Waals surface area contributed by atoms with Gasteiger partial charge in [-0.3, -0.25) is 0 Å². The molecule has 0 rings (SSSR count). The van der Waals surface area contributed by atoms with E-state index in [1.54, 1.807) is 0 Å². The lowest BCUT2D eigenvalue weighted by Gasteiger charge is -1.95. The lowest BCUT2D eigenvalue weighted by molar-refractivity contribution is 0.0832. The Morgan fingerprint density at radius 2 is 2.17 bits per heavy atom. The Morgan fingerprint density at radius 1 is 1.42 bits per heavy atom. The molecular formula is C9H14O3. The van der Waals surface area contributed by atoms with Crippen molar-refractivity contribution in [3.63, 3.8) is 0 Å². The summed E-state index contributed by atoms with van der Waals surface area (Å²) in [7, 11) is 1.27. The number of methoxy groups -OCH3 is 1. The Balaban J connectivity index is 3.27. The molecule has 3 heteroatoms. The van der Waals surface area contributed by atoms with Gasteiger partial charge < -0.3 is 9.47 Å². The number of hydrogen-bond acceptors (Lipinski definition) is 3. The van der Waals surface area contributed by atoms with Crippen LogP contribution in [0.3, 0.4) is 0 Å². The highest BCUT2D eigenvalue weighted by molar-refractivity contribution is 5.59. The summed E-state index contributed by atoms with van der Waals surface area (Å²) in [5.41, 5.74) is 0. The van der Waals surface area contributed by atoms with Crippen molar-refractivity contribution < 1.29 is 14.3 Å². The van der Waals surface area contributed by atoms with Crippen molar-refractivity contribution in [1.29, 1.82) is 0 Å². The number of hydrogen-bond donors (Lipinski definition) is 0. The third-order valence-corrected chi connectivity index (χ3v) is 1.21. The summed E-state index contributed by atoms with van der Waals surface area (Å²) in [5, 5.41) is 0. The smallest absolute Gasteiger partial charge is 0.438 e. The molecule has 3 nitrogen and oxygen atoms in total. The summed E-state index contributed by atoms with van der Waals surface area (Å²) in [6.45, 7) is 2.23. The highest BCUT2D eigenvalue weighted by atomic mass is 16.7. The van der Waals surface area contributed by atoms with E-state index in [-0.39, 0.29) is 6.61 Å². The van der Waals surface area contributed by atoms with Gasteiger partial charge in [-0.1, -0.05) is 25.2 Å². The van der Waals surface area contributed by atoms with Gasteiger partial charge in [0.2, 0.25) is 0 Å². The maximum absolute atomic E-state index is 10.4. The molecule has 0 aliphatic rings. The lowest BCUT2D eigenvalue weighted by Crippen LogP contribution is -2.03. The fourth-order valence-corrected chi connectivity index (χ4v) is 0.559. The van der Waals surface area contributed by atoms with Crippen LogP contribution in [-0.2, 0) is 9.47 Å². The molecule has 0 saturated carbocycles. The van der Waals surface area contributed by atoms with Crippen LogP contribution in [0.5, 0.6) is 0 Å². The number of rotatable bonds is 3. The number of unbranched alkanes of at least 4 members (excludes halogenated alkanes) is 2. The topological polar surface area (TPSA) is 35.5 Å². The van der Waals surface area contributed by atoms with E-state index in [4.69, 9.17) is 0 Å². The van der Waals surface area contributed by atoms with E-state index in [0.29, 0.717) is 0 Å². The monoisotopic (exact) mass is 170 g/mol. The van der Waals surface area contributed by atoms with Crippen LogP contribution in [0, 0.1) is 11.8 Å². The molecule has 0 aliphatic heterocycles. The van der Waals surface area contributed by atoms with E-state index >= 15 is 0 Å². The van der Waals surface area contributed by atoms with Gasteiger partial charge in [-0.2, -0.15) is 0 Å². The number of carbonyl (C=O) groups excluding carboxylic acids is 1. The van der Waals surface area contributed by atoms with Crippen molar-refractivity contribution in [3.05, 3.63) is 0 Å². The summed E-state index contributed by atoms with van der Waals surface area (Å²) in [4.78, 5) is 10.4. The Bertz CT molecular complexity index is 176. The maximum atomic E-state index is 10.4. The minimum absolute atomic E-state index is 0.121. The summed E-state index contributed by atoms with van der Waals surface area (Å²) < 4.78 is 8.79. The highest BCUT2D eigenvalue weighted by Crippen LogP contribution is 1.90. The molecule has 0 aromatic carbocycles. The van der Waals surface area contributed by atoms with Gasteiger partial charge in [0.1, 0.15) is 0 Å². The molecule has 0 saturated heterocycles. The highest BCUT2D eigenvalue weighted by Gasteiger charge is 1.94. The second-order valence-corrected chi connectivity index (χ2v) is 2.20. The first kappa shape index (κ1) is 10.8. The summed E-state index contributed by atoms with van der Waals surface area (Å²) in [6, 6.07) is 0. The van der Waals surface area contributed by atoms with Gasteiger partial charge in [-0.25, -0.2) is 4.79 Å². The lowest BCUT2D eigenvalue weighted by atomic mass is 10.2. The van der Waals surface area contributed by atoms with E-state index in [1.165, 1.54) is 7.11 Å². The molecule has 0 aromatic rings.